The van der Waals surface area contributed by atoms with Crippen molar-refractivity contribution in [1.29, 1.82) is 0 Å². The molecule has 0 radical (unpaired) electrons. The van der Waals surface area contributed by atoms with Crippen molar-refractivity contribution in [3.8, 4) is 0 Å². The first-order valence-corrected chi connectivity index (χ1v) is 5.24. The first-order valence-electron chi connectivity index (χ1n) is 3.71. The normalized spacial score (nSPS) is 38.9. The molecule has 1 saturated heterocycles. The summed E-state index contributed by atoms with van der Waals surface area (Å²) < 4.78 is 19.1. The van der Waals surface area contributed by atoms with Gasteiger partial charge in [0.05, 0.1) is 6.61 Å². The number of aliphatic hydroxyl groups is 3. The highest BCUT2D eigenvalue weighted by Gasteiger charge is 2.45. The molecule has 8 nitrogen and oxygen atoms in total. The van der Waals surface area contributed by atoms with E-state index in [-0.39, 0.29) is 0 Å². The maximum atomic E-state index is 10.4. The van der Waals surface area contributed by atoms with E-state index < -0.39 is 39.0 Å². The minimum absolute atomic E-state index is 0.584. The predicted molar refractivity (Wildman–Crippen MR) is 40.9 cm³/mol. The molecule has 4 atom stereocenters. The molecule has 0 aromatic carbocycles. The summed E-state index contributed by atoms with van der Waals surface area (Å²) in [6.07, 6.45) is -5.78. The molecule has 1 aliphatic heterocycles. The third-order valence-corrected chi connectivity index (χ3v) is 2.22. The van der Waals surface area contributed by atoms with E-state index in [0.29, 0.717) is 0 Å². The van der Waals surface area contributed by atoms with Crippen molar-refractivity contribution >= 4 is 7.82 Å². The summed E-state index contributed by atoms with van der Waals surface area (Å²) >= 11 is 0. The molecule has 0 aromatic rings. The van der Waals surface area contributed by atoms with Gasteiger partial charge in [0, 0.05) is 0 Å². The Hall–Kier alpha value is -0.0500. The van der Waals surface area contributed by atoms with Crippen LogP contribution >= 0.6 is 7.82 Å². The number of hydrogen-bond acceptors (Lipinski definition) is 6. The minimum Gasteiger partial charge on any atom is -0.394 e. The van der Waals surface area contributed by atoms with E-state index in [1.165, 1.54) is 0 Å². The zero-order valence-electron chi connectivity index (χ0n) is 6.92. The lowest BCUT2D eigenvalue weighted by atomic mass is 10.1. The predicted octanol–water partition coefficient (Wildman–Crippen LogP) is -2.47. The fraction of sp³-hybridized carbons (Fsp3) is 1.00. The molecule has 1 fully saturated rings. The molecular formula is C5H11O8P. The number of ether oxygens (including phenoxy) is 1. The molecule has 14 heavy (non-hydrogen) atoms. The summed E-state index contributed by atoms with van der Waals surface area (Å²) in [4.78, 5) is 16.8. The average Bonchev–Trinajstić information content (AvgIpc) is 2.30. The van der Waals surface area contributed by atoms with Crippen LogP contribution in [0.25, 0.3) is 0 Å². The molecule has 9 heteroatoms. The van der Waals surface area contributed by atoms with Gasteiger partial charge < -0.3 is 29.8 Å². The SMILES string of the molecule is O=P(O)(O)OC1O[C@H](CO)[C@H](O)C1O. The number of hydrogen-bond donors (Lipinski definition) is 5. The third kappa shape index (κ3) is 2.72. The zero-order chi connectivity index (χ0) is 10.9. The second-order valence-electron chi connectivity index (χ2n) is 2.80. The molecule has 1 rings (SSSR count). The Morgan fingerprint density at radius 3 is 2.21 bits per heavy atom. The Labute approximate surface area is 78.9 Å². The Bertz CT molecular complexity index is 238. The van der Waals surface area contributed by atoms with Gasteiger partial charge in [0.1, 0.15) is 18.3 Å². The van der Waals surface area contributed by atoms with E-state index in [0.717, 1.165) is 0 Å². The largest absolute Gasteiger partial charge is 0.472 e. The minimum atomic E-state index is -4.79. The Kier molecular flexibility index (Phi) is 3.62. The molecule has 0 aliphatic carbocycles. The van der Waals surface area contributed by atoms with E-state index >= 15 is 0 Å². The molecule has 0 bridgehead atoms. The number of rotatable bonds is 3. The molecule has 0 spiro atoms. The highest BCUT2D eigenvalue weighted by molar-refractivity contribution is 7.46. The van der Waals surface area contributed by atoms with Crippen molar-refractivity contribution in [2.45, 2.75) is 24.6 Å². The quantitative estimate of drug-likeness (QED) is 0.336. The van der Waals surface area contributed by atoms with Gasteiger partial charge in [-0.25, -0.2) is 4.57 Å². The molecule has 0 saturated carbocycles. The highest BCUT2D eigenvalue weighted by Crippen LogP contribution is 2.40. The van der Waals surface area contributed by atoms with Crippen molar-refractivity contribution in [1.82, 2.24) is 0 Å². The van der Waals surface area contributed by atoms with Crippen molar-refractivity contribution in [2.75, 3.05) is 6.61 Å². The Morgan fingerprint density at radius 1 is 1.29 bits per heavy atom. The van der Waals surface area contributed by atoms with Crippen LogP contribution in [0.1, 0.15) is 0 Å². The molecule has 1 aliphatic rings. The number of phosphoric ester groups is 1. The average molecular weight is 230 g/mol. The summed E-state index contributed by atoms with van der Waals surface area (Å²) in [6.45, 7) is -0.584. The lowest BCUT2D eigenvalue weighted by Crippen LogP contribution is -2.34. The standard InChI is InChI=1S/C5H11O8P/c6-1-2-3(7)4(8)5(12-2)13-14(9,10)11/h2-8H,1H2,(H2,9,10,11)/t2-,3+,4?,5?/m1/s1. The van der Waals surface area contributed by atoms with Gasteiger partial charge in [0.2, 0.25) is 0 Å². The second-order valence-corrected chi connectivity index (χ2v) is 3.99. The van der Waals surface area contributed by atoms with E-state index in [9.17, 15) is 4.57 Å². The topological polar surface area (TPSA) is 137 Å². The van der Waals surface area contributed by atoms with E-state index in [2.05, 4.69) is 9.26 Å². The van der Waals surface area contributed by atoms with Gasteiger partial charge in [-0.1, -0.05) is 0 Å². The molecule has 1 heterocycles. The molecular weight excluding hydrogens is 219 g/mol. The van der Waals surface area contributed by atoms with Gasteiger partial charge in [-0.15, -0.1) is 0 Å². The number of phosphoric acid groups is 1. The van der Waals surface area contributed by atoms with E-state index in [1.54, 1.807) is 0 Å². The van der Waals surface area contributed by atoms with Crippen LogP contribution in [0.4, 0.5) is 0 Å². The van der Waals surface area contributed by atoms with Gasteiger partial charge >= 0.3 is 7.82 Å². The van der Waals surface area contributed by atoms with Crippen LogP contribution in [0.15, 0.2) is 0 Å². The van der Waals surface area contributed by atoms with Gasteiger partial charge in [0.25, 0.3) is 0 Å². The maximum absolute atomic E-state index is 10.4. The van der Waals surface area contributed by atoms with Crippen LogP contribution in [-0.2, 0) is 13.8 Å². The lowest BCUT2D eigenvalue weighted by Gasteiger charge is -2.15. The van der Waals surface area contributed by atoms with Crippen LogP contribution in [0.3, 0.4) is 0 Å². The van der Waals surface area contributed by atoms with Crippen molar-refractivity contribution < 1.29 is 38.9 Å². The van der Waals surface area contributed by atoms with Crippen molar-refractivity contribution in [3.05, 3.63) is 0 Å². The monoisotopic (exact) mass is 230 g/mol. The van der Waals surface area contributed by atoms with Crippen LogP contribution in [0.5, 0.6) is 0 Å². The summed E-state index contributed by atoms with van der Waals surface area (Å²) in [6, 6.07) is 0. The second kappa shape index (κ2) is 4.21. The molecule has 2 unspecified atom stereocenters. The Morgan fingerprint density at radius 2 is 1.86 bits per heavy atom. The van der Waals surface area contributed by atoms with Crippen molar-refractivity contribution in [3.63, 3.8) is 0 Å². The molecule has 0 amide bonds. The molecule has 84 valence electrons. The summed E-state index contributed by atoms with van der Waals surface area (Å²) in [7, 11) is -4.79. The highest BCUT2D eigenvalue weighted by atomic mass is 31.2. The first kappa shape index (κ1) is 12.0. The summed E-state index contributed by atoms with van der Waals surface area (Å²) in [5.41, 5.74) is 0. The zero-order valence-corrected chi connectivity index (χ0v) is 7.82. The number of aliphatic hydroxyl groups excluding tert-OH is 3. The van der Waals surface area contributed by atoms with Crippen LogP contribution < -0.4 is 0 Å². The fourth-order valence-electron chi connectivity index (χ4n) is 1.09. The van der Waals surface area contributed by atoms with Gasteiger partial charge in [-0.2, -0.15) is 0 Å². The summed E-state index contributed by atoms with van der Waals surface area (Å²) in [5, 5.41) is 26.9. The van der Waals surface area contributed by atoms with Gasteiger partial charge in [-0.05, 0) is 0 Å². The van der Waals surface area contributed by atoms with Gasteiger partial charge in [-0.3, -0.25) is 4.52 Å². The van der Waals surface area contributed by atoms with Gasteiger partial charge in [0.15, 0.2) is 6.29 Å². The molecule has 0 aromatic heterocycles. The fourth-order valence-corrected chi connectivity index (χ4v) is 1.53. The maximum Gasteiger partial charge on any atom is 0.472 e. The molecule has 5 N–H and O–H groups in total. The smallest absolute Gasteiger partial charge is 0.394 e. The lowest BCUT2D eigenvalue weighted by molar-refractivity contribution is -0.126. The van der Waals surface area contributed by atoms with Crippen LogP contribution in [0, 0.1) is 0 Å². The van der Waals surface area contributed by atoms with Crippen LogP contribution in [0.2, 0.25) is 0 Å². The Balaban J connectivity index is 2.61. The van der Waals surface area contributed by atoms with E-state index in [1.807, 2.05) is 0 Å². The van der Waals surface area contributed by atoms with E-state index in [4.69, 9.17) is 25.1 Å². The first-order chi connectivity index (χ1) is 6.35. The summed E-state index contributed by atoms with van der Waals surface area (Å²) in [5.74, 6) is 0. The van der Waals surface area contributed by atoms with Crippen LogP contribution in [-0.4, -0.2) is 56.3 Å². The van der Waals surface area contributed by atoms with Crippen molar-refractivity contribution in [2.24, 2.45) is 0 Å². The third-order valence-electron chi connectivity index (χ3n) is 1.74.